The predicted octanol–water partition coefficient (Wildman–Crippen LogP) is 5.88. The molecular weight excluding hydrogens is 712 g/mol. The zero-order valence-corrected chi connectivity index (χ0v) is 33.2. The summed E-state index contributed by atoms with van der Waals surface area (Å²) in [7, 11) is -3.95. The normalized spacial score (nSPS) is 31.2. The molecule has 2 bridgehead atoms. The SMILES string of the molecule is C[C@@H]1[C@@H](C)CCC[C@](O)(CN2CCC(N3CCOCC3)CC2)[C@@H]2CC[C@H]2CN2CCCCc3cc(Cl)ccc3COc3ccc(cc32)C(=O)NS1(=O)=O. The Morgan fingerprint density at radius 1 is 0.925 bits per heavy atom. The van der Waals surface area contributed by atoms with Gasteiger partial charge in [-0.15, -0.1) is 0 Å². The van der Waals surface area contributed by atoms with Crippen LogP contribution in [0.3, 0.4) is 0 Å². The quantitative estimate of drug-likeness (QED) is 0.395. The maximum Gasteiger partial charge on any atom is 0.264 e. The van der Waals surface area contributed by atoms with Gasteiger partial charge in [0.25, 0.3) is 5.91 Å². The van der Waals surface area contributed by atoms with E-state index in [9.17, 15) is 18.3 Å². The first kappa shape index (κ1) is 38.8. The molecule has 0 radical (unpaired) electrons. The topological polar surface area (TPSA) is 112 Å². The minimum absolute atomic E-state index is 0.129. The number of ether oxygens (including phenoxy) is 2. The van der Waals surface area contributed by atoms with Gasteiger partial charge < -0.3 is 24.4 Å². The maximum atomic E-state index is 13.6. The summed E-state index contributed by atoms with van der Waals surface area (Å²) in [6.07, 6.45) is 9.00. The fourth-order valence-corrected chi connectivity index (χ4v) is 11.1. The highest BCUT2D eigenvalue weighted by molar-refractivity contribution is 7.90. The van der Waals surface area contributed by atoms with Crippen LogP contribution in [0.4, 0.5) is 5.69 Å². The molecule has 4 heterocycles. The third-order valence-corrected chi connectivity index (χ3v) is 15.4. The number of β-amino-alcohol motifs (C(OH)–C–C–N with tert-alkyl or cyclic N) is 1. The van der Waals surface area contributed by atoms with Crippen LogP contribution in [0.15, 0.2) is 36.4 Å². The Hall–Kier alpha value is -2.41. The van der Waals surface area contributed by atoms with E-state index in [2.05, 4.69) is 19.4 Å². The van der Waals surface area contributed by atoms with Crippen molar-refractivity contribution >= 4 is 33.2 Å². The molecular formula is C41H59ClN4O6S. The van der Waals surface area contributed by atoms with Gasteiger partial charge in [-0.1, -0.05) is 31.0 Å². The van der Waals surface area contributed by atoms with Crippen LogP contribution in [0.25, 0.3) is 0 Å². The first-order chi connectivity index (χ1) is 25.5. The van der Waals surface area contributed by atoms with E-state index in [1.807, 2.05) is 31.2 Å². The monoisotopic (exact) mass is 770 g/mol. The second kappa shape index (κ2) is 16.8. The number of morpholine rings is 1. The first-order valence-corrected chi connectivity index (χ1v) is 22.0. The number of halogens is 1. The third kappa shape index (κ3) is 9.02. The van der Waals surface area contributed by atoms with Gasteiger partial charge in [0.2, 0.25) is 10.0 Å². The van der Waals surface area contributed by atoms with E-state index in [0.717, 1.165) is 115 Å². The number of nitrogens with zero attached hydrogens (tertiary/aromatic N) is 3. The number of sulfonamides is 1. The van der Waals surface area contributed by atoms with Crippen LogP contribution in [-0.2, 0) is 27.8 Å². The summed E-state index contributed by atoms with van der Waals surface area (Å²) in [5, 5.41) is 12.8. The van der Waals surface area contributed by atoms with Crippen molar-refractivity contribution in [2.45, 2.75) is 102 Å². The number of aliphatic hydroxyl groups is 1. The van der Waals surface area contributed by atoms with Gasteiger partial charge in [-0.2, -0.15) is 0 Å². The Morgan fingerprint density at radius 2 is 1.72 bits per heavy atom. The summed E-state index contributed by atoms with van der Waals surface area (Å²) in [4.78, 5) is 21.0. The molecule has 1 amide bonds. The molecule has 3 fully saturated rings. The number of hydrogen-bond donors (Lipinski definition) is 2. The van der Waals surface area contributed by atoms with Crippen molar-refractivity contribution in [3.63, 3.8) is 0 Å². The van der Waals surface area contributed by atoms with Crippen LogP contribution in [-0.4, -0.2) is 105 Å². The number of piperidine rings is 1. The van der Waals surface area contributed by atoms with E-state index in [1.165, 1.54) is 5.56 Å². The van der Waals surface area contributed by atoms with Gasteiger partial charge in [-0.25, -0.2) is 13.1 Å². The van der Waals surface area contributed by atoms with Gasteiger partial charge in [-0.05, 0) is 137 Å². The number of anilines is 1. The molecule has 0 unspecified atom stereocenters. The van der Waals surface area contributed by atoms with Gasteiger partial charge in [0.05, 0.1) is 29.8 Å². The highest BCUT2D eigenvalue weighted by Crippen LogP contribution is 2.47. The molecule has 1 aliphatic carbocycles. The molecule has 2 saturated heterocycles. The molecule has 292 valence electrons. The van der Waals surface area contributed by atoms with Crippen LogP contribution >= 0.6 is 11.6 Å². The fourth-order valence-electron chi connectivity index (χ4n) is 9.56. The van der Waals surface area contributed by atoms with E-state index in [4.69, 9.17) is 21.1 Å². The number of carbonyl (C=O) groups is 1. The molecule has 10 nitrogen and oxygen atoms in total. The molecule has 7 rings (SSSR count). The number of likely N-dealkylation sites (tertiary alicyclic amines) is 1. The fraction of sp³-hybridized carbons (Fsp3) is 0.683. The second-order valence-corrected chi connectivity index (χ2v) is 19.0. The van der Waals surface area contributed by atoms with Gasteiger partial charge in [-0.3, -0.25) is 9.69 Å². The molecule has 2 aromatic rings. The van der Waals surface area contributed by atoms with Crippen molar-refractivity contribution in [3.05, 3.63) is 58.1 Å². The Labute approximate surface area is 321 Å². The summed E-state index contributed by atoms with van der Waals surface area (Å²) in [6.45, 7) is 11.7. The number of fused-ring (bicyclic) bond motifs is 3. The lowest BCUT2D eigenvalue weighted by atomic mass is 9.62. The van der Waals surface area contributed by atoms with E-state index in [0.29, 0.717) is 42.8 Å². The van der Waals surface area contributed by atoms with Crippen molar-refractivity contribution < 1.29 is 27.8 Å². The van der Waals surface area contributed by atoms with Gasteiger partial charge in [0, 0.05) is 49.4 Å². The molecule has 4 aliphatic heterocycles. The summed E-state index contributed by atoms with van der Waals surface area (Å²) in [5.74, 6) is 0.255. The van der Waals surface area contributed by atoms with Crippen LogP contribution in [0.5, 0.6) is 5.75 Å². The van der Waals surface area contributed by atoms with Crippen LogP contribution < -0.4 is 14.4 Å². The highest BCUT2D eigenvalue weighted by Gasteiger charge is 2.48. The van der Waals surface area contributed by atoms with E-state index < -0.39 is 26.8 Å². The average molecular weight is 771 g/mol. The smallest absolute Gasteiger partial charge is 0.264 e. The van der Waals surface area contributed by atoms with Crippen molar-refractivity contribution in [2.75, 3.05) is 63.9 Å². The lowest BCUT2D eigenvalue weighted by molar-refractivity contribution is -0.110. The van der Waals surface area contributed by atoms with E-state index >= 15 is 0 Å². The Morgan fingerprint density at radius 3 is 2.47 bits per heavy atom. The largest absolute Gasteiger partial charge is 0.487 e. The van der Waals surface area contributed by atoms with Crippen molar-refractivity contribution in [1.82, 2.24) is 14.5 Å². The van der Waals surface area contributed by atoms with Gasteiger partial charge in [0.1, 0.15) is 12.4 Å². The minimum Gasteiger partial charge on any atom is -0.487 e. The molecule has 5 atom stereocenters. The van der Waals surface area contributed by atoms with Crippen LogP contribution in [0, 0.1) is 17.8 Å². The second-order valence-electron chi connectivity index (χ2n) is 16.5. The van der Waals surface area contributed by atoms with E-state index in [1.54, 1.807) is 19.1 Å². The van der Waals surface area contributed by atoms with Gasteiger partial charge in [0.15, 0.2) is 0 Å². The molecule has 12 heteroatoms. The van der Waals surface area contributed by atoms with Crippen LogP contribution in [0.1, 0.15) is 93.1 Å². The lowest BCUT2D eigenvalue weighted by Gasteiger charge is -2.51. The Kier molecular flexibility index (Phi) is 12.3. The zero-order chi connectivity index (χ0) is 37.2. The zero-order valence-electron chi connectivity index (χ0n) is 31.6. The molecule has 2 N–H and O–H groups in total. The van der Waals surface area contributed by atoms with Crippen molar-refractivity contribution in [1.29, 1.82) is 0 Å². The van der Waals surface area contributed by atoms with Gasteiger partial charge >= 0.3 is 0 Å². The predicted molar refractivity (Wildman–Crippen MR) is 209 cm³/mol. The maximum absolute atomic E-state index is 13.6. The Balaban J connectivity index is 1.18. The number of benzene rings is 2. The van der Waals surface area contributed by atoms with E-state index in [-0.39, 0.29) is 23.3 Å². The summed E-state index contributed by atoms with van der Waals surface area (Å²) in [5.41, 5.74) is 2.47. The summed E-state index contributed by atoms with van der Waals surface area (Å²) < 4.78 is 41.7. The lowest BCUT2D eigenvalue weighted by Crippen LogP contribution is -2.58. The molecule has 53 heavy (non-hydrogen) atoms. The molecule has 0 spiro atoms. The number of rotatable bonds is 3. The average Bonchev–Trinajstić information content (AvgIpc) is 3.16. The summed E-state index contributed by atoms with van der Waals surface area (Å²) >= 11 is 6.40. The third-order valence-electron chi connectivity index (χ3n) is 13.2. The van der Waals surface area contributed by atoms with Crippen molar-refractivity contribution in [3.8, 4) is 5.75 Å². The molecule has 5 aliphatic rings. The minimum atomic E-state index is -3.95. The molecule has 2 aromatic carbocycles. The number of aryl methyl sites for hydroxylation is 1. The standard InChI is InChI=1S/C41H59ClN4O6S/c1-29-6-5-16-41(48,28-44-18-14-36(15-19-44)45-20-22-51-23-21-45)37-12-9-33(37)26-46-17-4-3-7-31-24-35(42)11-8-34(31)27-52-39-13-10-32(25-38(39)46)40(47)43-53(49,50)30(29)2/h8,10-11,13,24-25,29-30,33,36-37,48H,3-7,9,12,14-23,26-28H2,1-2H3,(H,43,47)/t29-,30+,33-,37+,41-/m0/s1. The number of amides is 1. The first-order valence-electron chi connectivity index (χ1n) is 20.1. The molecule has 0 aromatic heterocycles. The number of hydrogen-bond acceptors (Lipinski definition) is 9. The van der Waals surface area contributed by atoms with Crippen LogP contribution in [0.2, 0.25) is 5.02 Å². The highest BCUT2D eigenvalue weighted by atomic mass is 35.5. The summed E-state index contributed by atoms with van der Waals surface area (Å²) in [6, 6.07) is 11.8. The van der Waals surface area contributed by atoms with Crippen molar-refractivity contribution in [2.24, 2.45) is 17.8 Å². The number of carbonyl (C=O) groups excluding carboxylic acids is 1. The Bertz CT molecular complexity index is 1700. The number of nitrogens with one attached hydrogen (secondary N) is 1. The molecule has 1 saturated carbocycles.